The van der Waals surface area contributed by atoms with Crippen molar-refractivity contribution in [2.45, 2.75) is 33.8 Å². The molecular weight excluding hydrogens is 358 g/mol. The van der Waals surface area contributed by atoms with Gasteiger partial charge in [0.25, 0.3) is 5.91 Å². The number of nitrogens with one attached hydrogen (secondary N) is 1. The van der Waals surface area contributed by atoms with Crippen LogP contribution in [0.3, 0.4) is 0 Å². The van der Waals surface area contributed by atoms with E-state index < -0.39 is 6.10 Å². The van der Waals surface area contributed by atoms with E-state index in [0.29, 0.717) is 18.1 Å². The number of carbonyl (C=O) groups excluding carboxylic acids is 1. The van der Waals surface area contributed by atoms with Gasteiger partial charge in [0.15, 0.2) is 11.8 Å². The van der Waals surface area contributed by atoms with Crippen molar-refractivity contribution in [1.82, 2.24) is 10.3 Å². The highest BCUT2D eigenvalue weighted by Gasteiger charge is 2.20. The van der Waals surface area contributed by atoms with Crippen LogP contribution in [0.1, 0.15) is 25.0 Å². The first-order valence-corrected chi connectivity index (χ1v) is 9.08. The third-order valence-corrected chi connectivity index (χ3v) is 4.05. The second-order valence-electron chi connectivity index (χ2n) is 6.49. The Bertz CT molecular complexity index is 930. The van der Waals surface area contributed by atoms with Crippen LogP contribution in [0.15, 0.2) is 47.1 Å². The number of hydrogen-bond acceptors (Lipinski definition) is 6. The number of aryl methyl sites for hydroxylation is 2. The average molecular weight is 381 g/mol. The van der Waals surface area contributed by atoms with E-state index in [2.05, 4.69) is 15.6 Å². The molecule has 0 fully saturated rings. The normalized spacial score (nSPS) is 11.7. The molecule has 1 aromatic heterocycles. The van der Waals surface area contributed by atoms with Crippen LogP contribution < -0.4 is 14.8 Å². The van der Waals surface area contributed by atoms with Gasteiger partial charge < -0.3 is 14.8 Å². The summed E-state index contributed by atoms with van der Waals surface area (Å²) in [5.41, 5.74) is 3.33. The number of anilines is 1. The van der Waals surface area contributed by atoms with E-state index in [1.165, 1.54) is 0 Å². The van der Waals surface area contributed by atoms with Crippen LogP contribution in [0.5, 0.6) is 11.5 Å². The highest BCUT2D eigenvalue weighted by atomic mass is 16.6. The lowest BCUT2D eigenvalue weighted by molar-refractivity contribution is -0.122. The Morgan fingerprint density at radius 3 is 2.39 bits per heavy atom. The zero-order valence-electron chi connectivity index (χ0n) is 16.4. The van der Waals surface area contributed by atoms with Crippen molar-refractivity contribution in [3.05, 3.63) is 53.6 Å². The zero-order valence-corrected chi connectivity index (χ0v) is 16.4. The Balaban J connectivity index is 1.70. The zero-order chi connectivity index (χ0) is 20.1. The summed E-state index contributed by atoms with van der Waals surface area (Å²) in [5.74, 6) is 1.29. The van der Waals surface area contributed by atoms with Gasteiger partial charge in [-0.05, 0) is 85.5 Å². The molecule has 0 aliphatic heterocycles. The molecule has 1 N–H and O–H groups in total. The molecule has 1 amide bonds. The van der Waals surface area contributed by atoms with E-state index >= 15 is 0 Å². The lowest BCUT2D eigenvalue weighted by Crippen LogP contribution is -2.30. The van der Waals surface area contributed by atoms with Crippen molar-refractivity contribution >= 4 is 11.7 Å². The lowest BCUT2D eigenvalue weighted by atomic mass is 10.1. The number of carbonyl (C=O) groups is 1. The van der Waals surface area contributed by atoms with Gasteiger partial charge in [0, 0.05) is 5.56 Å². The van der Waals surface area contributed by atoms with Gasteiger partial charge in [-0.2, -0.15) is 0 Å². The van der Waals surface area contributed by atoms with Crippen LogP contribution in [-0.4, -0.2) is 28.9 Å². The molecule has 1 heterocycles. The van der Waals surface area contributed by atoms with Gasteiger partial charge in [-0.3, -0.25) is 4.79 Å². The van der Waals surface area contributed by atoms with E-state index in [1.807, 2.05) is 63.2 Å². The highest BCUT2D eigenvalue weighted by Crippen LogP contribution is 2.26. The molecule has 0 radical (unpaired) electrons. The monoisotopic (exact) mass is 381 g/mol. The van der Waals surface area contributed by atoms with Gasteiger partial charge in [0.1, 0.15) is 11.5 Å². The van der Waals surface area contributed by atoms with Crippen molar-refractivity contribution in [2.24, 2.45) is 0 Å². The van der Waals surface area contributed by atoms with Crippen molar-refractivity contribution < 1.29 is 18.9 Å². The molecule has 0 saturated heterocycles. The van der Waals surface area contributed by atoms with Crippen LogP contribution in [-0.2, 0) is 4.79 Å². The van der Waals surface area contributed by atoms with Gasteiger partial charge in [0.2, 0.25) is 5.82 Å². The number of nitrogens with zero attached hydrogens (tertiary/aromatic N) is 2. The Morgan fingerprint density at radius 2 is 1.75 bits per heavy atom. The van der Waals surface area contributed by atoms with Gasteiger partial charge in [0.05, 0.1) is 6.61 Å². The fourth-order valence-electron chi connectivity index (χ4n) is 2.81. The Labute approximate surface area is 163 Å². The molecule has 3 aromatic rings. The number of benzene rings is 2. The summed E-state index contributed by atoms with van der Waals surface area (Å²) in [6.45, 7) is 8.15. The van der Waals surface area contributed by atoms with E-state index in [0.717, 1.165) is 22.4 Å². The number of hydrogen-bond donors (Lipinski definition) is 1. The minimum Gasteiger partial charge on any atom is -0.494 e. The summed E-state index contributed by atoms with van der Waals surface area (Å²) in [5, 5.41) is 10.4. The van der Waals surface area contributed by atoms with Gasteiger partial charge in [-0.15, -0.1) is 0 Å². The second kappa shape index (κ2) is 8.56. The first kappa shape index (κ1) is 19.4. The quantitative estimate of drug-likeness (QED) is 0.661. The molecule has 0 saturated carbocycles. The number of rotatable bonds is 7. The molecule has 146 valence electrons. The molecule has 7 nitrogen and oxygen atoms in total. The maximum absolute atomic E-state index is 12.5. The van der Waals surface area contributed by atoms with Crippen molar-refractivity contribution in [3.63, 3.8) is 0 Å². The van der Waals surface area contributed by atoms with E-state index in [4.69, 9.17) is 14.1 Å². The largest absolute Gasteiger partial charge is 0.494 e. The minimum absolute atomic E-state index is 0.241. The Kier molecular flexibility index (Phi) is 5.93. The fraction of sp³-hybridized carbons (Fsp3) is 0.286. The summed E-state index contributed by atoms with van der Waals surface area (Å²) in [6.07, 6.45) is -0.717. The predicted molar refractivity (Wildman–Crippen MR) is 106 cm³/mol. The predicted octanol–water partition coefficient (Wildman–Crippen LogP) is 4.16. The number of amides is 1. The van der Waals surface area contributed by atoms with Crippen molar-refractivity contribution in [1.29, 1.82) is 0 Å². The van der Waals surface area contributed by atoms with Gasteiger partial charge in [-0.1, -0.05) is 6.07 Å². The summed E-state index contributed by atoms with van der Waals surface area (Å²) in [6, 6.07) is 13.1. The van der Waals surface area contributed by atoms with E-state index in [1.54, 1.807) is 6.92 Å². The molecule has 0 bridgehead atoms. The Hall–Kier alpha value is -3.35. The highest BCUT2D eigenvalue weighted by molar-refractivity contribution is 5.96. The molecule has 0 unspecified atom stereocenters. The summed E-state index contributed by atoms with van der Waals surface area (Å²) in [7, 11) is 0. The molecular formula is C21H23N3O4. The van der Waals surface area contributed by atoms with Crippen molar-refractivity contribution in [3.8, 4) is 22.8 Å². The molecule has 2 aromatic carbocycles. The lowest BCUT2D eigenvalue weighted by Gasteiger charge is -2.15. The second-order valence-corrected chi connectivity index (χ2v) is 6.49. The van der Waals surface area contributed by atoms with E-state index in [-0.39, 0.29) is 11.7 Å². The standard InChI is InChI=1S/C21H23N3O4/c1-5-26-17-8-6-16(7-9-17)19-20(24-28-23-19)22-21(25)15(4)27-18-11-13(2)10-14(3)12-18/h6-12,15H,5H2,1-4H3,(H,22,24,25)/t15-/m0/s1. The van der Waals surface area contributed by atoms with Gasteiger partial charge in [-0.25, -0.2) is 4.63 Å². The molecule has 0 spiro atoms. The summed E-state index contributed by atoms with van der Waals surface area (Å²) < 4.78 is 16.0. The molecule has 0 aliphatic carbocycles. The van der Waals surface area contributed by atoms with Crippen molar-refractivity contribution in [2.75, 3.05) is 11.9 Å². The number of aromatic nitrogens is 2. The molecule has 0 aliphatic rings. The van der Waals surface area contributed by atoms with E-state index in [9.17, 15) is 4.79 Å². The van der Waals surface area contributed by atoms with Gasteiger partial charge >= 0.3 is 0 Å². The topological polar surface area (TPSA) is 86.5 Å². The SMILES string of the molecule is CCOc1ccc(-c2nonc2NC(=O)[C@H](C)Oc2cc(C)cc(C)c2)cc1. The maximum atomic E-state index is 12.5. The van der Waals surface area contributed by atoms with Crippen LogP contribution in [0.4, 0.5) is 5.82 Å². The molecule has 3 rings (SSSR count). The third kappa shape index (κ3) is 4.68. The average Bonchev–Trinajstić information content (AvgIpc) is 3.10. The Morgan fingerprint density at radius 1 is 1.07 bits per heavy atom. The van der Waals surface area contributed by atoms with Crippen LogP contribution in [0, 0.1) is 13.8 Å². The first-order chi connectivity index (χ1) is 13.5. The van der Waals surface area contributed by atoms with Crippen LogP contribution in [0.2, 0.25) is 0 Å². The summed E-state index contributed by atoms with van der Waals surface area (Å²) in [4.78, 5) is 12.5. The maximum Gasteiger partial charge on any atom is 0.266 e. The molecule has 1 atom stereocenters. The number of ether oxygens (including phenoxy) is 2. The third-order valence-electron chi connectivity index (χ3n) is 4.05. The molecule has 28 heavy (non-hydrogen) atoms. The fourth-order valence-corrected chi connectivity index (χ4v) is 2.81. The smallest absolute Gasteiger partial charge is 0.266 e. The van der Waals surface area contributed by atoms with Crippen LogP contribution >= 0.6 is 0 Å². The molecule has 7 heteroatoms. The van der Waals surface area contributed by atoms with Crippen LogP contribution in [0.25, 0.3) is 11.3 Å². The first-order valence-electron chi connectivity index (χ1n) is 9.08. The minimum atomic E-state index is -0.717. The summed E-state index contributed by atoms with van der Waals surface area (Å²) >= 11 is 0.